The minimum Gasteiger partial charge on any atom is -0.487 e. The van der Waals surface area contributed by atoms with Gasteiger partial charge in [0.2, 0.25) is 0 Å². The zero-order valence-corrected chi connectivity index (χ0v) is 25.4. The highest BCUT2D eigenvalue weighted by Gasteiger charge is 2.34. The van der Waals surface area contributed by atoms with E-state index >= 15 is 0 Å². The van der Waals surface area contributed by atoms with E-state index in [1.807, 2.05) is 38.1 Å². The summed E-state index contributed by atoms with van der Waals surface area (Å²) < 4.78 is 47.4. The van der Waals surface area contributed by atoms with Crippen LogP contribution < -0.4 is 15.6 Å². The largest absolute Gasteiger partial charge is 0.487 e. The molecule has 238 valence electrons. The van der Waals surface area contributed by atoms with E-state index < -0.39 is 17.3 Å². The summed E-state index contributed by atoms with van der Waals surface area (Å²) >= 11 is 0. The second-order valence-corrected chi connectivity index (χ2v) is 11.0. The molecule has 0 aliphatic rings. The van der Waals surface area contributed by atoms with Crippen LogP contribution in [0.3, 0.4) is 0 Å². The van der Waals surface area contributed by atoms with Gasteiger partial charge in [0.1, 0.15) is 23.4 Å². The van der Waals surface area contributed by atoms with Gasteiger partial charge in [0.15, 0.2) is 0 Å². The highest BCUT2D eigenvalue weighted by atomic mass is 19.4. The number of halogens is 3. The van der Waals surface area contributed by atoms with Gasteiger partial charge in [-0.05, 0) is 61.9 Å². The molecule has 9 nitrogen and oxygen atoms in total. The first-order chi connectivity index (χ1) is 22.6. The molecule has 12 heteroatoms. The van der Waals surface area contributed by atoms with Crippen molar-refractivity contribution in [3.63, 3.8) is 0 Å². The molecule has 2 N–H and O–H groups in total. The van der Waals surface area contributed by atoms with Crippen LogP contribution in [0.4, 0.5) is 13.2 Å². The molecule has 0 aliphatic carbocycles. The SMILES string of the molecule is Cc1cc(-c2[nH]ncc2CNC(=O)c2ccccc2)c2cccc(OCc3c(C)ccnc3Cn3cccc(C(F)(F)F)c3=O)c2n1. The van der Waals surface area contributed by atoms with E-state index in [0.29, 0.717) is 28.1 Å². The van der Waals surface area contributed by atoms with Crippen molar-refractivity contribution in [3.05, 3.63) is 141 Å². The van der Waals surface area contributed by atoms with Crippen molar-refractivity contribution >= 4 is 16.8 Å². The topological polar surface area (TPSA) is 115 Å². The van der Waals surface area contributed by atoms with Crippen LogP contribution in [0.2, 0.25) is 0 Å². The molecule has 47 heavy (non-hydrogen) atoms. The number of rotatable bonds is 9. The molecule has 0 saturated carbocycles. The van der Waals surface area contributed by atoms with Crippen LogP contribution in [0.25, 0.3) is 22.2 Å². The van der Waals surface area contributed by atoms with E-state index in [4.69, 9.17) is 9.72 Å². The zero-order chi connectivity index (χ0) is 33.1. The summed E-state index contributed by atoms with van der Waals surface area (Å²) in [5.41, 5.74) is 3.68. The van der Waals surface area contributed by atoms with Gasteiger partial charge in [-0.15, -0.1) is 0 Å². The quantitative estimate of drug-likeness (QED) is 0.190. The Morgan fingerprint density at radius 2 is 1.83 bits per heavy atom. The number of fused-ring (bicyclic) bond motifs is 1. The van der Waals surface area contributed by atoms with Crippen molar-refractivity contribution in [1.29, 1.82) is 0 Å². The fourth-order valence-corrected chi connectivity index (χ4v) is 5.39. The molecule has 0 spiro atoms. The van der Waals surface area contributed by atoms with Crippen molar-refractivity contribution in [2.45, 2.75) is 39.7 Å². The highest BCUT2D eigenvalue weighted by Crippen LogP contribution is 2.34. The Labute approximate surface area is 267 Å². The van der Waals surface area contributed by atoms with E-state index in [9.17, 15) is 22.8 Å². The van der Waals surface area contributed by atoms with Gasteiger partial charge in [-0.1, -0.05) is 30.3 Å². The summed E-state index contributed by atoms with van der Waals surface area (Å²) in [5, 5.41) is 11.0. The van der Waals surface area contributed by atoms with Gasteiger partial charge in [0.05, 0.1) is 24.1 Å². The van der Waals surface area contributed by atoms with E-state index in [-0.39, 0.29) is 25.6 Å². The number of carbonyl (C=O) groups is 1. The number of alkyl halides is 3. The fraction of sp³-hybridized carbons (Fsp3) is 0.171. The van der Waals surface area contributed by atoms with Crippen LogP contribution in [0.1, 0.15) is 44.0 Å². The molecule has 4 aromatic heterocycles. The lowest BCUT2D eigenvalue weighted by Gasteiger charge is -2.16. The average molecular weight is 639 g/mol. The van der Waals surface area contributed by atoms with E-state index in [2.05, 4.69) is 20.5 Å². The molecule has 1 amide bonds. The first-order valence-corrected chi connectivity index (χ1v) is 14.7. The lowest BCUT2D eigenvalue weighted by Crippen LogP contribution is -2.29. The van der Waals surface area contributed by atoms with Gasteiger partial charge in [0, 0.05) is 52.3 Å². The molecule has 2 aromatic carbocycles. The second-order valence-electron chi connectivity index (χ2n) is 11.0. The first-order valence-electron chi connectivity index (χ1n) is 14.7. The number of pyridine rings is 3. The summed E-state index contributed by atoms with van der Waals surface area (Å²) in [7, 11) is 0. The number of aromatic amines is 1. The van der Waals surface area contributed by atoms with Crippen molar-refractivity contribution in [2.75, 3.05) is 0 Å². The van der Waals surface area contributed by atoms with Gasteiger partial charge in [0.25, 0.3) is 11.5 Å². The molecule has 4 heterocycles. The van der Waals surface area contributed by atoms with Gasteiger partial charge in [-0.25, -0.2) is 4.98 Å². The maximum atomic E-state index is 13.4. The van der Waals surface area contributed by atoms with E-state index in [1.165, 1.54) is 12.3 Å². The molecule has 0 radical (unpaired) electrons. The van der Waals surface area contributed by atoms with Crippen LogP contribution in [0.5, 0.6) is 5.75 Å². The molecule has 0 aliphatic heterocycles. The lowest BCUT2D eigenvalue weighted by atomic mass is 10.0. The highest BCUT2D eigenvalue weighted by molar-refractivity contribution is 5.98. The summed E-state index contributed by atoms with van der Waals surface area (Å²) in [5.74, 6) is 0.281. The molecular weight excluding hydrogens is 609 g/mol. The van der Waals surface area contributed by atoms with Gasteiger partial charge >= 0.3 is 6.18 Å². The number of H-pyrrole nitrogens is 1. The van der Waals surface area contributed by atoms with Crippen molar-refractivity contribution in [2.24, 2.45) is 0 Å². The van der Waals surface area contributed by atoms with Gasteiger partial charge in [-0.3, -0.25) is 19.7 Å². The maximum absolute atomic E-state index is 13.4. The summed E-state index contributed by atoms with van der Waals surface area (Å²) in [4.78, 5) is 34.4. The molecule has 0 bridgehead atoms. The number of benzene rings is 2. The van der Waals surface area contributed by atoms with Gasteiger partial charge in [-0.2, -0.15) is 18.3 Å². The third-order valence-electron chi connectivity index (χ3n) is 7.79. The zero-order valence-electron chi connectivity index (χ0n) is 25.4. The van der Waals surface area contributed by atoms with Crippen LogP contribution in [-0.4, -0.2) is 30.6 Å². The number of nitrogens with zero attached hydrogens (tertiary/aromatic N) is 4. The van der Waals surface area contributed by atoms with E-state index in [1.54, 1.807) is 48.8 Å². The van der Waals surface area contributed by atoms with E-state index in [0.717, 1.165) is 44.1 Å². The smallest absolute Gasteiger partial charge is 0.421 e. The Bertz CT molecular complexity index is 2140. The van der Waals surface area contributed by atoms with Gasteiger partial charge < -0.3 is 14.6 Å². The normalized spacial score (nSPS) is 11.5. The number of aryl methyl sites for hydroxylation is 2. The Balaban J connectivity index is 1.28. The molecule has 6 aromatic rings. The summed E-state index contributed by atoms with van der Waals surface area (Å²) in [6, 6.07) is 20.1. The van der Waals surface area contributed by atoms with Crippen LogP contribution in [0.15, 0.2) is 96.2 Å². The van der Waals surface area contributed by atoms with Crippen molar-refractivity contribution in [1.82, 2.24) is 30.0 Å². The molecule has 0 atom stereocenters. The predicted molar refractivity (Wildman–Crippen MR) is 170 cm³/mol. The van der Waals surface area contributed by atoms with Crippen LogP contribution >= 0.6 is 0 Å². The number of ether oxygens (including phenoxy) is 1. The minimum absolute atomic E-state index is 0.0353. The Kier molecular flexibility index (Phi) is 8.57. The monoisotopic (exact) mass is 638 g/mol. The number of amides is 1. The Morgan fingerprint density at radius 3 is 2.62 bits per heavy atom. The molecule has 0 unspecified atom stereocenters. The standard InChI is InChI=1S/C35H29F3N6O3/c1-21-13-14-39-29(19-44-15-7-11-28(34(44)46)35(36,37)38)27(21)20-47-30-12-6-10-25-26(16-22(2)42-32(25)30)31-24(18-41-43-31)17-40-33(45)23-8-4-3-5-9-23/h3-16,18H,17,19-20H2,1-2H3,(H,40,45)(H,41,43). The predicted octanol–water partition coefficient (Wildman–Crippen LogP) is 6.37. The number of aromatic nitrogens is 5. The number of nitrogens with one attached hydrogen (secondary N) is 2. The molecular formula is C35H29F3N6O3. The molecule has 0 saturated heterocycles. The number of hydrogen-bond acceptors (Lipinski definition) is 6. The van der Waals surface area contributed by atoms with Crippen molar-refractivity contribution < 1.29 is 22.7 Å². The lowest BCUT2D eigenvalue weighted by molar-refractivity contribution is -0.138. The average Bonchev–Trinajstić information content (AvgIpc) is 3.52. The number of carbonyl (C=O) groups excluding carboxylic acids is 1. The summed E-state index contributed by atoms with van der Waals surface area (Å²) in [6.45, 7) is 3.83. The molecule has 6 rings (SSSR count). The summed E-state index contributed by atoms with van der Waals surface area (Å²) in [6.07, 6.45) is -0.239. The van der Waals surface area contributed by atoms with Crippen molar-refractivity contribution in [3.8, 4) is 17.0 Å². The minimum atomic E-state index is -4.77. The second kappa shape index (κ2) is 12.9. The third-order valence-corrected chi connectivity index (χ3v) is 7.79. The number of para-hydroxylation sites is 1. The maximum Gasteiger partial charge on any atom is 0.421 e. The van der Waals surface area contributed by atoms with Crippen LogP contribution in [-0.2, 0) is 25.9 Å². The number of hydrogen-bond donors (Lipinski definition) is 2. The third kappa shape index (κ3) is 6.62. The Hall–Kier alpha value is -5.78. The Morgan fingerprint density at radius 1 is 1.02 bits per heavy atom. The fourth-order valence-electron chi connectivity index (χ4n) is 5.39. The van der Waals surface area contributed by atoms with Crippen LogP contribution in [0, 0.1) is 13.8 Å². The first kappa shape index (κ1) is 31.2. The molecule has 0 fully saturated rings.